The lowest BCUT2D eigenvalue weighted by atomic mass is 9.85. The summed E-state index contributed by atoms with van der Waals surface area (Å²) in [7, 11) is 0. The zero-order valence-electron chi connectivity index (χ0n) is 12.2. The van der Waals surface area contributed by atoms with E-state index in [-0.39, 0.29) is 24.5 Å². The molecule has 1 saturated heterocycles. The number of amides is 1. The van der Waals surface area contributed by atoms with Crippen LogP contribution in [0, 0.1) is 5.41 Å². The van der Waals surface area contributed by atoms with Crippen LogP contribution < -0.4 is 5.73 Å². The smallest absolute Gasteiger partial charge is 0.337 e. The molecule has 0 saturated carbocycles. The van der Waals surface area contributed by atoms with Crippen molar-refractivity contribution < 1.29 is 31.1 Å². The van der Waals surface area contributed by atoms with E-state index in [1.54, 1.807) is 0 Å². The molecule has 2 rings (SSSR count). The Balaban J connectivity index is 0.00000288. The van der Waals surface area contributed by atoms with Crippen LogP contribution in [0.3, 0.4) is 0 Å². The van der Waals surface area contributed by atoms with Crippen molar-refractivity contribution in [1.82, 2.24) is 4.90 Å². The molecule has 2 N–H and O–H groups in total. The molecule has 1 fully saturated rings. The Morgan fingerprint density at radius 1 is 1.08 bits per heavy atom. The molecule has 1 heterocycles. The van der Waals surface area contributed by atoms with Crippen LogP contribution in [0.5, 0.6) is 0 Å². The van der Waals surface area contributed by atoms with E-state index < -0.39 is 43.2 Å². The van der Waals surface area contributed by atoms with Gasteiger partial charge in [0.1, 0.15) is 0 Å². The fraction of sp³-hybridized carbons (Fsp3) is 0.500. The van der Waals surface area contributed by atoms with E-state index in [0.29, 0.717) is 10.5 Å². The third-order valence-electron chi connectivity index (χ3n) is 4.08. The van der Waals surface area contributed by atoms with Crippen LogP contribution in [0.15, 0.2) is 24.3 Å². The van der Waals surface area contributed by atoms with Gasteiger partial charge < -0.3 is 10.6 Å². The van der Waals surface area contributed by atoms with Crippen molar-refractivity contribution >= 4 is 18.3 Å². The molecule has 10 heteroatoms. The van der Waals surface area contributed by atoms with E-state index in [9.17, 15) is 31.1 Å². The zero-order valence-corrected chi connectivity index (χ0v) is 13.1. The highest BCUT2D eigenvalue weighted by atomic mass is 35.5. The summed E-state index contributed by atoms with van der Waals surface area (Å²) in [5, 5.41) is 0. The van der Waals surface area contributed by atoms with Gasteiger partial charge in [-0.05, 0) is 24.1 Å². The van der Waals surface area contributed by atoms with Gasteiger partial charge in [-0.1, -0.05) is 12.1 Å². The largest absolute Gasteiger partial charge is 0.404 e. The summed E-state index contributed by atoms with van der Waals surface area (Å²) in [5.41, 5.74) is 2.24. The van der Waals surface area contributed by atoms with E-state index in [1.807, 2.05) is 0 Å². The number of carbonyl (C=O) groups is 1. The van der Waals surface area contributed by atoms with Gasteiger partial charge >= 0.3 is 12.4 Å². The van der Waals surface area contributed by atoms with Crippen molar-refractivity contribution in [2.75, 3.05) is 13.1 Å². The topological polar surface area (TPSA) is 46.3 Å². The number of hydrogen-bond donors (Lipinski definition) is 1. The van der Waals surface area contributed by atoms with Crippen LogP contribution in [-0.2, 0) is 6.54 Å². The molecule has 1 aliphatic rings. The molecule has 1 aliphatic heterocycles. The first-order chi connectivity index (χ1) is 10.5. The molecule has 0 bridgehead atoms. The summed E-state index contributed by atoms with van der Waals surface area (Å²) in [6.45, 7) is -1.81. The van der Waals surface area contributed by atoms with Crippen LogP contribution in [0.4, 0.5) is 26.3 Å². The number of benzene rings is 1. The van der Waals surface area contributed by atoms with Gasteiger partial charge in [0.05, 0.1) is 0 Å². The maximum absolute atomic E-state index is 13.0. The second-order valence-corrected chi connectivity index (χ2v) is 5.46. The minimum Gasteiger partial charge on any atom is -0.337 e. The van der Waals surface area contributed by atoms with E-state index in [0.717, 1.165) is 0 Å². The van der Waals surface area contributed by atoms with Crippen LogP contribution in [0.1, 0.15) is 22.3 Å². The van der Waals surface area contributed by atoms with Gasteiger partial charge in [-0.3, -0.25) is 4.79 Å². The SMILES string of the molecule is Cl.NCc1ccc(C(=O)N2CCC(C(F)(F)F)(C(F)(F)F)C2)cc1. The summed E-state index contributed by atoms with van der Waals surface area (Å²) in [6, 6.07) is 5.69. The predicted octanol–water partition coefficient (Wildman–Crippen LogP) is 3.52. The number of nitrogens with zero attached hydrogens (tertiary/aromatic N) is 1. The first-order valence-electron chi connectivity index (χ1n) is 6.73. The number of alkyl halides is 6. The fourth-order valence-corrected chi connectivity index (χ4v) is 2.57. The van der Waals surface area contributed by atoms with Crippen molar-refractivity contribution in [2.24, 2.45) is 11.1 Å². The maximum Gasteiger partial charge on any atom is 0.404 e. The van der Waals surface area contributed by atoms with Crippen LogP contribution in [0.2, 0.25) is 0 Å². The molecule has 1 aromatic carbocycles. The Hall–Kier alpha value is -1.48. The average Bonchev–Trinajstić information content (AvgIpc) is 2.92. The van der Waals surface area contributed by atoms with Gasteiger partial charge in [0.15, 0.2) is 5.41 Å². The molecule has 0 radical (unpaired) electrons. The Labute approximate surface area is 140 Å². The van der Waals surface area contributed by atoms with Gasteiger partial charge in [0, 0.05) is 25.2 Å². The number of hydrogen-bond acceptors (Lipinski definition) is 2. The summed E-state index contributed by atoms with van der Waals surface area (Å²) < 4.78 is 77.9. The standard InChI is InChI=1S/C14H14F6N2O.ClH/c15-13(16,17)12(14(18,19)20)5-6-22(8-12)11(23)10-3-1-9(7-21)2-4-10;/h1-4H,5-8,21H2;1H. The second-order valence-electron chi connectivity index (χ2n) is 5.46. The molecule has 136 valence electrons. The first-order valence-corrected chi connectivity index (χ1v) is 6.73. The third kappa shape index (κ3) is 3.46. The minimum atomic E-state index is -5.47. The average molecular weight is 377 g/mol. The van der Waals surface area contributed by atoms with Crippen LogP contribution in [-0.4, -0.2) is 36.2 Å². The summed E-state index contributed by atoms with van der Waals surface area (Å²) >= 11 is 0. The Bertz CT molecular complexity index is 570. The molecule has 1 amide bonds. The van der Waals surface area contributed by atoms with E-state index >= 15 is 0 Å². The molecular formula is C14H15ClF6N2O. The van der Waals surface area contributed by atoms with Gasteiger partial charge in [0.2, 0.25) is 0 Å². The van der Waals surface area contributed by atoms with E-state index in [1.165, 1.54) is 24.3 Å². The Morgan fingerprint density at radius 2 is 1.58 bits per heavy atom. The van der Waals surface area contributed by atoms with Gasteiger partial charge in [-0.25, -0.2) is 0 Å². The molecule has 0 aliphatic carbocycles. The number of halogens is 7. The van der Waals surface area contributed by atoms with Crippen LogP contribution in [0.25, 0.3) is 0 Å². The molecule has 0 aromatic heterocycles. The van der Waals surface area contributed by atoms with Crippen molar-refractivity contribution in [1.29, 1.82) is 0 Å². The number of rotatable bonds is 2. The van der Waals surface area contributed by atoms with Gasteiger partial charge in [0.25, 0.3) is 5.91 Å². The lowest BCUT2D eigenvalue weighted by molar-refractivity contribution is -0.334. The minimum absolute atomic E-state index is 0. The molecular weight excluding hydrogens is 362 g/mol. The lowest BCUT2D eigenvalue weighted by Crippen LogP contribution is -2.52. The van der Waals surface area contributed by atoms with Crippen LogP contribution >= 0.6 is 12.4 Å². The van der Waals surface area contributed by atoms with Crippen molar-refractivity contribution in [3.05, 3.63) is 35.4 Å². The fourth-order valence-electron chi connectivity index (χ4n) is 2.57. The Morgan fingerprint density at radius 3 is 1.96 bits per heavy atom. The highest BCUT2D eigenvalue weighted by Gasteiger charge is 2.72. The Kier molecular flexibility index (Phi) is 5.82. The summed E-state index contributed by atoms with van der Waals surface area (Å²) in [5.74, 6) is -0.857. The van der Waals surface area contributed by atoms with E-state index in [2.05, 4.69) is 0 Å². The molecule has 3 nitrogen and oxygen atoms in total. The highest BCUT2D eigenvalue weighted by Crippen LogP contribution is 2.55. The normalized spacial score (nSPS) is 17.5. The van der Waals surface area contributed by atoms with Crippen molar-refractivity contribution in [3.63, 3.8) is 0 Å². The summed E-state index contributed by atoms with van der Waals surface area (Å²) in [4.78, 5) is 12.7. The van der Waals surface area contributed by atoms with E-state index in [4.69, 9.17) is 5.73 Å². The highest BCUT2D eigenvalue weighted by molar-refractivity contribution is 5.94. The summed E-state index contributed by atoms with van der Waals surface area (Å²) in [6.07, 6.45) is -12.1. The number of likely N-dealkylation sites (tertiary alicyclic amines) is 1. The van der Waals surface area contributed by atoms with Gasteiger partial charge in [-0.2, -0.15) is 26.3 Å². The monoisotopic (exact) mass is 376 g/mol. The number of carbonyl (C=O) groups excluding carboxylic acids is 1. The van der Waals surface area contributed by atoms with Crippen molar-refractivity contribution in [3.8, 4) is 0 Å². The predicted molar refractivity (Wildman–Crippen MR) is 76.6 cm³/mol. The lowest BCUT2D eigenvalue weighted by Gasteiger charge is -2.33. The number of nitrogens with two attached hydrogens (primary N) is 1. The third-order valence-corrected chi connectivity index (χ3v) is 4.08. The van der Waals surface area contributed by atoms with Crippen molar-refractivity contribution in [2.45, 2.75) is 25.3 Å². The molecule has 1 aromatic rings. The first kappa shape index (κ1) is 20.6. The van der Waals surface area contributed by atoms with Gasteiger partial charge in [-0.15, -0.1) is 12.4 Å². The molecule has 0 atom stereocenters. The maximum atomic E-state index is 13.0. The second kappa shape index (κ2) is 6.79. The molecule has 0 spiro atoms. The zero-order chi connectivity index (χ0) is 17.5. The molecule has 24 heavy (non-hydrogen) atoms. The quantitative estimate of drug-likeness (QED) is 0.803. The molecule has 0 unspecified atom stereocenters.